The molecule has 8 heteroatoms. The Hall–Kier alpha value is -2.92. The van der Waals surface area contributed by atoms with E-state index in [0.717, 1.165) is 0 Å². The fourth-order valence-electron chi connectivity index (χ4n) is 2.29. The molecule has 142 valence electrons. The number of nitrogens with zero attached hydrogens (tertiary/aromatic N) is 3. The number of benzene rings is 1. The molecule has 1 aromatic carbocycles. The number of amides is 2. The molecule has 0 radical (unpaired) electrons. The van der Waals surface area contributed by atoms with Gasteiger partial charge in [-0.25, -0.2) is 14.6 Å². The summed E-state index contributed by atoms with van der Waals surface area (Å²) < 4.78 is 4.95. The number of carbonyl (C=O) groups is 2. The Morgan fingerprint density at radius 1 is 1.37 bits per heavy atom. The summed E-state index contributed by atoms with van der Waals surface area (Å²) >= 11 is 1.30. The highest BCUT2D eigenvalue weighted by atomic mass is 32.1. The second-order valence-corrected chi connectivity index (χ2v) is 7.67. The predicted octanol–water partition coefficient (Wildman–Crippen LogP) is 4.02. The molecular formula is C19H22N4O3S. The number of anilines is 1. The Labute approximate surface area is 162 Å². The third kappa shape index (κ3) is 5.53. The Bertz CT molecular complexity index is 864. The minimum absolute atomic E-state index is 0.243. The van der Waals surface area contributed by atoms with Crippen molar-refractivity contribution >= 4 is 29.0 Å². The molecule has 0 spiro atoms. The van der Waals surface area contributed by atoms with Crippen molar-refractivity contribution in [3.8, 4) is 6.07 Å². The molecule has 0 unspecified atom stereocenters. The van der Waals surface area contributed by atoms with E-state index < -0.39 is 11.5 Å². The molecule has 27 heavy (non-hydrogen) atoms. The van der Waals surface area contributed by atoms with E-state index in [-0.39, 0.29) is 24.9 Å². The first-order chi connectivity index (χ1) is 12.7. The van der Waals surface area contributed by atoms with Gasteiger partial charge in [0.2, 0.25) is 0 Å². The standard InChI is InChI=1S/C19H22N4O3S/c1-5-26-17(24)15-12-27-16(22-15)11-23(19(2,3)4)18(25)21-14-8-6-7-13(9-14)10-20/h6-9,12H,5,11H2,1-4H3,(H,21,25). The predicted molar refractivity (Wildman–Crippen MR) is 104 cm³/mol. The molecular weight excluding hydrogens is 364 g/mol. The average Bonchev–Trinajstić information content (AvgIpc) is 3.08. The molecule has 1 N–H and O–H groups in total. The SMILES string of the molecule is CCOC(=O)c1csc(CN(C(=O)Nc2cccc(C#N)c2)C(C)(C)C)n1. The van der Waals surface area contributed by atoms with Crippen LogP contribution in [-0.4, -0.2) is 34.0 Å². The van der Waals surface area contributed by atoms with Crippen LogP contribution in [0.25, 0.3) is 0 Å². The van der Waals surface area contributed by atoms with Gasteiger partial charge < -0.3 is 15.0 Å². The Kier molecular flexibility index (Phi) is 6.53. The summed E-state index contributed by atoms with van der Waals surface area (Å²) in [7, 11) is 0. The second kappa shape index (κ2) is 8.64. The molecule has 0 aliphatic rings. The Morgan fingerprint density at radius 3 is 2.74 bits per heavy atom. The van der Waals surface area contributed by atoms with Crippen molar-refractivity contribution in [1.82, 2.24) is 9.88 Å². The first kappa shape index (κ1) is 20.4. The molecule has 2 amide bonds. The number of hydrogen-bond donors (Lipinski definition) is 1. The summed E-state index contributed by atoms with van der Waals surface area (Å²) in [6, 6.07) is 8.45. The number of ether oxygens (including phenoxy) is 1. The topological polar surface area (TPSA) is 95.3 Å². The van der Waals surface area contributed by atoms with Gasteiger partial charge in [0.25, 0.3) is 0 Å². The van der Waals surface area contributed by atoms with Gasteiger partial charge in [-0.3, -0.25) is 0 Å². The lowest BCUT2D eigenvalue weighted by molar-refractivity contribution is 0.0520. The van der Waals surface area contributed by atoms with Crippen molar-refractivity contribution in [3.05, 3.63) is 45.9 Å². The number of aromatic nitrogens is 1. The van der Waals surface area contributed by atoms with Crippen LogP contribution < -0.4 is 5.32 Å². The van der Waals surface area contributed by atoms with Crippen LogP contribution in [0, 0.1) is 11.3 Å². The first-order valence-corrected chi connectivity index (χ1v) is 9.33. The van der Waals surface area contributed by atoms with Crippen molar-refractivity contribution < 1.29 is 14.3 Å². The molecule has 2 aromatic rings. The normalized spacial score (nSPS) is 10.8. The number of nitriles is 1. The van der Waals surface area contributed by atoms with Gasteiger partial charge in [0, 0.05) is 16.6 Å². The van der Waals surface area contributed by atoms with Crippen molar-refractivity contribution in [3.63, 3.8) is 0 Å². The lowest BCUT2D eigenvalue weighted by Gasteiger charge is -2.35. The van der Waals surface area contributed by atoms with Crippen LogP contribution in [0.2, 0.25) is 0 Å². The highest BCUT2D eigenvalue weighted by Gasteiger charge is 2.28. The maximum absolute atomic E-state index is 12.8. The van der Waals surface area contributed by atoms with Gasteiger partial charge in [-0.05, 0) is 45.9 Å². The van der Waals surface area contributed by atoms with Gasteiger partial charge in [0.05, 0.1) is 24.8 Å². The van der Waals surface area contributed by atoms with Crippen LogP contribution in [-0.2, 0) is 11.3 Å². The second-order valence-electron chi connectivity index (χ2n) is 6.73. The largest absolute Gasteiger partial charge is 0.461 e. The van der Waals surface area contributed by atoms with Gasteiger partial charge in [0.1, 0.15) is 5.01 Å². The van der Waals surface area contributed by atoms with Crippen LogP contribution in [0.5, 0.6) is 0 Å². The zero-order valence-electron chi connectivity index (χ0n) is 15.8. The number of urea groups is 1. The van der Waals surface area contributed by atoms with E-state index in [2.05, 4.69) is 10.3 Å². The van der Waals surface area contributed by atoms with E-state index in [9.17, 15) is 9.59 Å². The molecule has 0 fully saturated rings. The molecule has 0 aliphatic heterocycles. The van der Waals surface area contributed by atoms with Gasteiger partial charge in [-0.15, -0.1) is 11.3 Å². The van der Waals surface area contributed by atoms with Crippen LogP contribution >= 0.6 is 11.3 Å². The van der Waals surface area contributed by atoms with E-state index in [1.165, 1.54) is 11.3 Å². The van der Waals surface area contributed by atoms with Crippen molar-refractivity contribution in [1.29, 1.82) is 5.26 Å². The number of esters is 1. The van der Waals surface area contributed by atoms with Gasteiger partial charge >= 0.3 is 12.0 Å². The van der Waals surface area contributed by atoms with E-state index in [1.54, 1.807) is 41.5 Å². The molecule has 7 nitrogen and oxygen atoms in total. The number of carbonyl (C=O) groups excluding carboxylic acids is 2. The first-order valence-electron chi connectivity index (χ1n) is 8.45. The number of nitrogens with one attached hydrogen (secondary N) is 1. The fourth-order valence-corrected chi connectivity index (χ4v) is 3.04. The van der Waals surface area contributed by atoms with E-state index in [4.69, 9.17) is 10.00 Å². The zero-order chi connectivity index (χ0) is 20.0. The number of hydrogen-bond acceptors (Lipinski definition) is 6. The summed E-state index contributed by atoms with van der Waals surface area (Å²) in [4.78, 5) is 30.5. The summed E-state index contributed by atoms with van der Waals surface area (Å²) in [6.45, 7) is 8.01. The summed E-state index contributed by atoms with van der Waals surface area (Å²) in [5.74, 6) is -0.472. The molecule has 0 aliphatic carbocycles. The van der Waals surface area contributed by atoms with Crippen molar-refractivity contribution in [2.24, 2.45) is 0 Å². The number of rotatable bonds is 5. The van der Waals surface area contributed by atoms with E-state index >= 15 is 0 Å². The number of thiazole rings is 1. The van der Waals surface area contributed by atoms with E-state index in [1.807, 2.05) is 26.8 Å². The van der Waals surface area contributed by atoms with Gasteiger partial charge in [0.15, 0.2) is 5.69 Å². The van der Waals surface area contributed by atoms with Crippen molar-refractivity contribution in [2.45, 2.75) is 39.8 Å². The summed E-state index contributed by atoms with van der Waals surface area (Å²) in [6.07, 6.45) is 0. The minimum atomic E-state index is -0.479. The Morgan fingerprint density at radius 2 is 2.11 bits per heavy atom. The quantitative estimate of drug-likeness (QED) is 0.783. The lowest BCUT2D eigenvalue weighted by Crippen LogP contribution is -2.47. The molecule has 0 saturated heterocycles. The van der Waals surface area contributed by atoms with Crippen LogP contribution in [0.1, 0.15) is 48.8 Å². The highest BCUT2D eigenvalue weighted by Crippen LogP contribution is 2.22. The van der Waals surface area contributed by atoms with Crippen LogP contribution in [0.4, 0.5) is 10.5 Å². The average molecular weight is 386 g/mol. The molecule has 1 heterocycles. The molecule has 0 atom stereocenters. The third-order valence-electron chi connectivity index (χ3n) is 3.63. The highest BCUT2D eigenvalue weighted by molar-refractivity contribution is 7.09. The fraction of sp³-hybridized carbons (Fsp3) is 0.368. The van der Waals surface area contributed by atoms with Crippen LogP contribution in [0.15, 0.2) is 29.6 Å². The zero-order valence-corrected chi connectivity index (χ0v) is 16.6. The maximum Gasteiger partial charge on any atom is 0.357 e. The Balaban J connectivity index is 2.17. The van der Waals surface area contributed by atoms with Crippen molar-refractivity contribution in [2.75, 3.05) is 11.9 Å². The summed E-state index contributed by atoms with van der Waals surface area (Å²) in [5.41, 5.74) is 0.772. The monoisotopic (exact) mass is 386 g/mol. The molecule has 2 rings (SSSR count). The third-order valence-corrected chi connectivity index (χ3v) is 4.46. The summed E-state index contributed by atoms with van der Waals surface area (Å²) in [5, 5.41) is 14.1. The molecule has 0 saturated carbocycles. The van der Waals surface area contributed by atoms with Crippen LogP contribution in [0.3, 0.4) is 0 Å². The molecule has 1 aromatic heterocycles. The van der Waals surface area contributed by atoms with E-state index in [0.29, 0.717) is 16.3 Å². The minimum Gasteiger partial charge on any atom is -0.461 e. The lowest BCUT2D eigenvalue weighted by atomic mass is 10.1. The van der Waals surface area contributed by atoms with Gasteiger partial charge in [-0.1, -0.05) is 6.07 Å². The molecule has 0 bridgehead atoms. The smallest absolute Gasteiger partial charge is 0.357 e. The van der Waals surface area contributed by atoms with Gasteiger partial charge in [-0.2, -0.15) is 5.26 Å². The maximum atomic E-state index is 12.8.